The van der Waals surface area contributed by atoms with Crippen molar-refractivity contribution in [1.29, 1.82) is 0 Å². The van der Waals surface area contributed by atoms with Crippen molar-refractivity contribution in [2.45, 2.75) is 90.5 Å². The minimum atomic E-state index is -3.18. The van der Waals surface area contributed by atoms with Crippen LogP contribution in [0.4, 0.5) is 0 Å². The highest BCUT2D eigenvalue weighted by Crippen LogP contribution is 2.55. The van der Waals surface area contributed by atoms with Crippen molar-refractivity contribution >= 4 is 53.1 Å². The van der Waals surface area contributed by atoms with Crippen molar-refractivity contribution < 1.29 is 0 Å². The Hall–Kier alpha value is -2.15. The summed E-state index contributed by atoms with van der Waals surface area (Å²) in [5, 5.41) is 1.97. The average molecular weight is 644 g/mol. The zero-order valence-corrected chi connectivity index (χ0v) is 30.8. The number of hydrogen-bond donors (Lipinski definition) is 0. The molecule has 0 N–H and O–H groups in total. The van der Waals surface area contributed by atoms with Gasteiger partial charge in [-0.25, -0.2) is 0 Å². The number of benzene rings is 4. The SMILES string of the molecule is CC(C)(C)c1cc(C(C)(C)C)c(P=C(Cl)[Si](Cl)(c2ccccc2)C2(C)c3ccccc3-c3ccccc32)c(C(C)(C)C)c1. The molecule has 0 aromatic heterocycles. The molecule has 0 bridgehead atoms. The molecule has 1 atom stereocenters. The number of halogens is 2. The van der Waals surface area contributed by atoms with Gasteiger partial charge in [-0.3, -0.25) is 0 Å². The Kier molecular flexibility index (Phi) is 8.27. The lowest BCUT2D eigenvalue weighted by molar-refractivity contribution is 0.554. The van der Waals surface area contributed by atoms with Gasteiger partial charge in [0, 0.05) is 10.3 Å². The molecule has 224 valence electrons. The van der Waals surface area contributed by atoms with E-state index in [1.54, 1.807) is 0 Å². The van der Waals surface area contributed by atoms with Crippen LogP contribution >= 0.6 is 30.9 Å². The Morgan fingerprint density at radius 3 is 1.47 bits per heavy atom. The maximum atomic E-state index is 8.37. The fourth-order valence-corrected chi connectivity index (χ4v) is 15.4. The second kappa shape index (κ2) is 11.0. The van der Waals surface area contributed by atoms with Crippen LogP contribution in [0.3, 0.4) is 0 Å². The van der Waals surface area contributed by atoms with Gasteiger partial charge in [-0.1, -0.05) is 180 Å². The summed E-state index contributed by atoms with van der Waals surface area (Å²) in [6.45, 7) is 23.2. The van der Waals surface area contributed by atoms with E-state index in [9.17, 15) is 0 Å². The number of fused-ring (bicyclic) bond motifs is 3. The molecule has 43 heavy (non-hydrogen) atoms. The van der Waals surface area contributed by atoms with Crippen LogP contribution in [0, 0.1) is 0 Å². The highest BCUT2D eigenvalue weighted by atomic mass is 35.6. The van der Waals surface area contributed by atoms with E-state index in [1.807, 2.05) is 0 Å². The predicted octanol–water partition coefficient (Wildman–Crippen LogP) is 10.7. The Bertz CT molecular complexity index is 1620. The molecule has 0 saturated heterocycles. The van der Waals surface area contributed by atoms with Crippen LogP contribution in [0.2, 0.25) is 0 Å². The van der Waals surface area contributed by atoms with Crippen molar-refractivity contribution in [2.75, 3.05) is 0 Å². The third-order valence-corrected chi connectivity index (χ3v) is 19.2. The largest absolute Gasteiger partial charge is 0.248 e. The average Bonchev–Trinajstić information content (AvgIpc) is 3.21. The molecule has 0 amide bonds. The van der Waals surface area contributed by atoms with Crippen molar-refractivity contribution in [2.24, 2.45) is 0 Å². The quantitative estimate of drug-likeness (QED) is 0.118. The van der Waals surface area contributed by atoms with E-state index in [4.69, 9.17) is 22.7 Å². The Labute approximate surface area is 272 Å². The second-order valence-electron chi connectivity index (χ2n) is 15.3. The molecule has 5 rings (SSSR count). The van der Waals surface area contributed by atoms with Crippen molar-refractivity contribution in [3.63, 3.8) is 0 Å². The van der Waals surface area contributed by atoms with Crippen molar-refractivity contribution in [3.8, 4) is 11.1 Å². The van der Waals surface area contributed by atoms with Crippen LogP contribution in [0.15, 0.2) is 91.0 Å². The van der Waals surface area contributed by atoms with Crippen LogP contribution in [-0.4, -0.2) is 11.8 Å². The summed E-state index contributed by atoms with van der Waals surface area (Å²) in [6.07, 6.45) is 0. The van der Waals surface area contributed by atoms with Gasteiger partial charge in [-0.15, -0.1) is 0 Å². The third-order valence-electron chi connectivity index (χ3n) is 9.17. The van der Waals surface area contributed by atoms with Gasteiger partial charge in [0.25, 0.3) is 0 Å². The van der Waals surface area contributed by atoms with Crippen LogP contribution in [0.5, 0.6) is 0 Å². The monoisotopic (exact) mass is 642 g/mol. The zero-order chi connectivity index (χ0) is 31.6. The predicted molar refractivity (Wildman–Crippen MR) is 196 cm³/mol. The highest BCUT2D eigenvalue weighted by Gasteiger charge is 2.59. The Morgan fingerprint density at radius 1 is 0.628 bits per heavy atom. The lowest BCUT2D eigenvalue weighted by Gasteiger charge is -2.42. The number of hydrogen-bond acceptors (Lipinski definition) is 0. The molecular formula is C39H45Cl2PSi. The summed E-state index contributed by atoms with van der Waals surface area (Å²) < 4.78 is 0.855. The van der Waals surface area contributed by atoms with Gasteiger partial charge < -0.3 is 0 Å². The smallest absolute Gasteiger partial charge is 0.152 e. The van der Waals surface area contributed by atoms with E-state index in [-0.39, 0.29) is 16.2 Å². The summed E-state index contributed by atoms with van der Waals surface area (Å²) in [5.74, 6) is 0. The molecule has 0 aliphatic heterocycles. The standard InChI is InChI=1S/C39H45Cl2PSi/c1-36(2,3)26-24-32(37(4,5)6)34(33(25-26)38(7,8)9)42-35(40)43(41,27-18-12-11-13-19-27)39(10)30-22-16-14-20-28(30)29-21-15-17-23-31(29)39/h11-25H,1-10H3. The second-order valence-corrected chi connectivity index (χ2v) is 22.9. The topological polar surface area (TPSA) is 0 Å². The van der Waals surface area contributed by atoms with E-state index in [0.29, 0.717) is 0 Å². The molecule has 4 aromatic rings. The molecule has 0 heterocycles. The molecule has 0 saturated carbocycles. The highest BCUT2D eigenvalue weighted by molar-refractivity contribution is 7.71. The normalized spacial score (nSPS) is 16.4. The number of rotatable bonds is 4. The van der Waals surface area contributed by atoms with Crippen LogP contribution in [-0.2, 0) is 21.3 Å². The Balaban J connectivity index is 1.89. The van der Waals surface area contributed by atoms with Gasteiger partial charge in [0.05, 0.1) is 4.38 Å². The van der Waals surface area contributed by atoms with Gasteiger partial charge >= 0.3 is 0 Å². The van der Waals surface area contributed by atoms with Gasteiger partial charge in [-0.2, -0.15) is 11.1 Å². The van der Waals surface area contributed by atoms with E-state index >= 15 is 0 Å². The van der Waals surface area contributed by atoms with Crippen molar-refractivity contribution in [3.05, 3.63) is 119 Å². The molecule has 4 heteroatoms. The molecular weight excluding hydrogens is 598 g/mol. The summed E-state index contributed by atoms with van der Waals surface area (Å²) in [6, 6.07) is 33.1. The summed E-state index contributed by atoms with van der Waals surface area (Å²) >= 11 is 16.2. The first-order valence-electron chi connectivity index (χ1n) is 15.3. The van der Waals surface area contributed by atoms with Crippen LogP contribution in [0.25, 0.3) is 11.1 Å². The molecule has 1 aliphatic rings. The first kappa shape index (κ1) is 32.2. The minimum Gasteiger partial charge on any atom is -0.152 e. The molecule has 0 nitrogen and oxygen atoms in total. The minimum absolute atomic E-state index is 0.0305. The summed E-state index contributed by atoms with van der Waals surface area (Å²) in [4.78, 5) is 0. The molecule has 4 aromatic carbocycles. The lowest BCUT2D eigenvalue weighted by atomic mass is 9.75. The van der Waals surface area contributed by atoms with Crippen LogP contribution in [0.1, 0.15) is 97.1 Å². The third kappa shape index (κ3) is 5.40. The van der Waals surface area contributed by atoms with E-state index < -0.39 is 12.4 Å². The van der Waals surface area contributed by atoms with Gasteiger partial charge in [0.1, 0.15) is 0 Å². The van der Waals surface area contributed by atoms with Gasteiger partial charge in [-0.05, 0) is 60.4 Å². The van der Waals surface area contributed by atoms with Gasteiger partial charge in [0.2, 0.25) is 7.38 Å². The molecule has 0 fully saturated rings. The maximum Gasteiger partial charge on any atom is 0.248 e. The fourth-order valence-electron chi connectivity index (χ4n) is 6.61. The summed E-state index contributed by atoms with van der Waals surface area (Å²) in [7, 11) is -2.18. The zero-order valence-electron chi connectivity index (χ0n) is 27.4. The van der Waals surface area contributed by atoms with E-state index in [1.165, 1.54) is 44.2 Å². The lowest BCUT2D eigenvalue weighted by Crippen LogP contribution is -2.63. The Morgan fingerprint density at radius 2 is 1.05 bits per heavy atom. The van der Waals surface area contributed by atoms with E-state index in [2.05, 4.69) is 160 Å². The molecule has 0 radical (unpaired) electrons. The van der Waals surface area contributed by atoms with Crippen LogP contribution < -0.4 is 10.5 Å². The first-order valence-corrected chi connectivity index (χ1v) is 19.6. The van der Waals surface area contributed by atoms with E-state index in [0.717, 1.165) is 17.8 Å². The first-order chi connectivity index (χ1) is 19.9. The van der Waals surface area contributed by atoms with Gasteiger partial charge in [0.15, 0.2) is 0 Å². The molecule has 1 aliphatic carbocycles. The summed E-state index contributed by atoms with van der Waals surface area (Å²) in [5.41, 5.74) is 9.01. The van der Waals surface area contributed by atoms with Crippen molar-refractivity contribution in [1.82, 2.24) is 0 Å². The molecule has 1 unspecified atom stereocenters. The molecule has 0 spiro atoms. The fraction of sp³-hybridized carbons (Fsp3) is 0.359. The maximum absolute atomic E-state index is 8.37.